The van der Waals surface area contributed by atoms with Gasteiger partial charge < -0.3 is 10.6 Å². The Morgan fingerprint density at radius 2 is 1.74 bits per heavy atom. The van der Waals surface area contributed by atoms with Crippen molar-refractivity contribution in [2.75, 3.05) is 6.54 Å². The third kappa shape index (κ3) is 6.27. The van der Waals surface area contributed by atoms with Crippen molar-refractivity contribution in [1.82, 2.24) is 10.6 Å². The summed E-state index contributed by atoms with van der Waals surface area (Å²) in [5, 5.41) is 5.75. The molecule has 0 bridgehead atoms. The fraction of sp³-hybridized carbons (Fsp3) is 0.562. The molecule has 0 aromatic heterocycles. The lowest BCUT2D eigenvalue weighted by molar-refractivity contribution is 0.232. The van der Waals surface area contributed by atoms with Crippen LogP contribution in [0.5, 0.6) is 0 Å². The van der Waals surface area contributed by atoms with E-state index in [2.05, 4.69) is 48.7 Å². The van der Waals surface area contributed by atoms with Crippen LogP contribution in [0.4, 0.5) is 4.79 Å². The molecule has 0 saturated heterocycles. The Labute approximate surface area is 116 Å². The Bertz CT molecular complexity index is 402. The highest BCUT2D eigenvalue weighted by molar-refractivity contribution is 5.74. The van der Waals surface area contributed by atoms with Crippen LogP contribution in [0, 0.1) is 0 Å². The summed E-state index contributed by atoms with van der Waals surface area (Å²) < 4.78 is 0. The molecule has 0 unspecified atom stereocenters. The minimum absolute atomic E-state index is 0.105. The van der Waals surface area contributed by atoms with E-state index in [1.54, 1.807) is 0 Å². The van der Waals surface area contributed by atoms with Crippen LogP contribution in [0.25, 0.3) is 0 Å². The molecule has 3 heteroatoms. The van der Waals surface area contributed by atoms with Crippen molar-refractivity contribution < 1.29 is 4.79 Å². The lowest BCUT2D eigenvalue weighted by Gasteiger charge is -2.20. The van der Waals surface area contributed by atoms with Crippen molar-refractivity contribution in [3.63, 3.8) is 0 Å². The Balaban J connectivity index is 2.35. The van der Waals surface area contributed by atoms with E-state index in [4.69, 9.17) is 0 Å². The van der Waals surface area contributed by atoms with Crippen LogP contribution in [-0.2, 0) is 6.42 Å². The maximum absolute atomic E-state index is 11.6. The maximum atomic E-state index is 11.6. The fourth-order valence-electron chi connectivity index (χ4n) is 1.77. The highest BCUT2D eigenvalue weighted by atomic mass is 16.2. The number of hydrogen-bond acceptors (Lipinski definition) is 1. The van der Waals surface area contributed by atoms with Gasteiger partial charge in [0.1, 0.15) is 0 Å². The summed E-state index contributed by atoms with van der Waals surface area (Å²) in [7, 11) is 0. The first-order valence-corrected chi connectivity index (χ1v) is 6.93. The number of hydrogen-bond donors (Lipinski definition) is 2. The second-order valence-electron chi connectivity index (χ2n) is 6.28. The number of amides is 2. The molecule has 2 amide bonds. The smallest absolute Gasteiger partial charge is 0.315 e. The van der Waals surface area contributed by atoms with E-state index in [0.29, 0.717) is 12.5 Å². The average Bonchev–Trinajstić information content (AvgIpc) is 2.27. The van der Waals surface area contributed by atoms with Crippen LogP contribution in [-0.4, -0.2) is 18.1 Å². The first kappa shape index (κ1) is 15.5. The summed E-state index contributed by atoms with van der Waals surface area (Å²) >= 11 is 0. The molecular weight excluding hydrogens is 236 g/mol. The van der Waals surface area contributed by atoms with Gasteiger partial charge in [-0.05, 0) is 44.2 Å². The molecule has 0 spiro atoms. The fourth-order valence-corrected chi connectivity index (χ4v) is 1.77. The van der Waals surface area contributed by atoms with Crippen molar-refractivity contribution in [2.24, 2.45) is 0 Å². The van der Waals surface area contributed by atoms with E-state index in [1.807, 2.05) is 20.8 Å². The molecule has 0 aliphatic rings. The second kappa shape index (κ2) is 6.60. The van der Waals surface area contributed by atoms with Crippen LogP contribution in [0.2, 0.25) is 0 Å². The van der Waals surface area contributed by atoms with Crippen LogP contribution >= 0.6 is 0 Å². The number of carbonyl (C=O) groups is 1. The molecule has 3 nitrogen and oxygen atoms in total. The van der Waals surface area contributed by atoms with E-state index in [-0.39, 0.29) is 11.6 Å². The molecule has 0 atom stereocenters. The number of rotatable bonds is 4. The van der Waals surface area contributed by atoms with Gasteiger partial charge in [-0.15, -0.1) is 0 Å². The minimum atomic E-state index is -0.191. The topological polar surface area (TPSA) is 41.1 Å². The van der Waals surface area contributed by atoms with Gasteiger partial charge in [-0.2, -0.15) is 0 Å². The zero-order valence-electron chi connectivity index (χ0n) is 12.7. The van der Waals surface area contributed by atoms with Crippen molar-refractivity contribution in [3.8, 4) is 0 Å². The van der Waals surface area contributed by atoms with Gasteiger partial charge >= 0.3 is 6.03 Å². The lowest BCUT2D eigenvalue weighted by Crippen LogP contribution is -2.46. The summed E-state index contributed by atoms with van der Waals surface area (Å²) in [4.78, 5) is 11.6. The molecule has 1 rings (SSSR count). The lowest BCUT2D eigenvalue weighted by atomic mass is 10.0. The summed E-state index contributed by atoms with van der Waals surface area (Å²) in [5.41, 5.74) is 2.41. The largest absolute Gasteiger partial charge is 0.338 e. The Morgan fingerprint density at radius 1 is 1.16 bits per heavy atom. The highest BCUT2D eigenvalue weighted by Gasteiger charge is 2.12. The standard InChI is InChI=1S/C16H26N2O/c1-12(2)14-8-6-13(7-9-14)10-11-17-15(19)18-16(3,4)5/h6-9,12H,10-11H2,1-5H3,(H2,17,18,19). The molecule has 106 valence electrons. The molecule has 0 saturated carbocycles. The molecule has 0 radical (unpaired) electrons. The Kier molecular flexibility index (Phi) is 5.40. The molecule has 1 aromatic carbocycles. The van der Waals surface area contributed by atoms with Gasteiger partial charge in [0, 0.05) is 12.1 Å². The average molecular weight is 262 g/mol. The number of carbonyl (C=O) groups excluding carboxylic acids is 1. The van der Waals surface area contributed by atoms with Gasteiger partial charge in [0.25, 0.3) is 0 Å². The molecule has 0 aliphatic carbocycles. The zero-order chi connectivity index (χ0) is 14.5. The summed E-state index contributed by atoms with van der Waals surface area (Å²) in [6, 6.07) is 8.49. The molecule has 0 heterocycles. The highest BCUT2D eigenvalue weighted by Crippen LogP contribution is 2.14. The van der Waals surface area contributed by atoms with Gasteiger partial charge in [-0.25, -0.2) is 4.79 Å². The van der Waals surface area contributed by atoms with Crippen molar-refractivity contribution in [2.45, 2.75) is 52.5 Å². The van der Waals surface area contributed by atoms with Gasteiger partial charge in [0.05, 0.1) is 0 Å². The molecule has 0 aliphatic heterocycles. The summed E-state index contributed by atoms with van der Waals surface area (Å²) in [6.45, 7) is 10.9. The Morgan fingerprint density at radius 3 is 2.21 bits per heavy atom. The van der Waals surface area contributed by atoms with E-state index in [9.17, 15) is 4.79 Å². The quantitative estimate of drug-likeness (QED) is 0.857. The minimum Gasteiger partial charge on any atom is -0.338 e. The molecule has 1 aromatic rings. The van der Waals surface area contributed by atoms with Gasteiger partial charge in [-0.3, -0.25) is 0 Å². The van der Waals surface area contributed by atoms with Crippen LogP contribution in [0.15, 0.2) is 24.3 Å². The third-order valence-corrected chi connectivity index (χ3v) is 2.83. The van der Waals surface area contributed by atoms with Crippen molar-refractivity contribution >= 4 is 6.03 Å². The van der Waals surface area contributed by atoms with Crippen LogP contribution in [0.1, 0.15) is 51.7 Å². The van der Waals surface area contributed by atoms with E-state index < -0.39 is 0 Å². The monoisotopic (exact) mass is 262 g/mol. The van der Waals surface area contributed by atoms with Gasteiger partial charge in [0.15, 0.2) is 0 Å². The normalized spacial score (nSPS) is 11.5. The van der Waals surface area contributed by atoms with Gasteiger partial charge in [-0.1, -0.05) is 38.1 Å². The van der Waals surface area contributed by atoms with E-state index in [0.717, 1.165) is 6.42 Å². The Hall–Kier alpha value is -1.51. The third-order valence-electron chi connectivity index (χ3n) is 2.83. The number of nitrogens with one attached hydrogen (secondary N) is 2. The predicted molar refractivity (Wildman–Crippen MR) is 80.5 cm³/mol. The summed E-state index contributed by atoms with van der Waals surface area (Å²) in [6.07, 6.45) is 0.857. The number of benzene rings is 1. The SMILES string of the molecule is CC(C)c1ccc(CCNC(=O)NC(C)(C)C)cc1. The van der Waals surface area contributed by atoms with Gasteiger partial charge in [0.2, 0.25) is 0 Å². The maximum Gasteiger partial charge on any atom is 0.315 e. The van der Waals surface area contributed by atoms with E-state index >= 15 is 0 Å². The van der Waals surface area contributed by atoms with Crippen LogP contribution in [0.3, 0.4) is 0 Å². The predicted octanol–water partition coefficient (Wildman–Crippen LogP) is 3.45. The molecular formula is C16H26N2O. The summed E-state index contributed by atoms with van der Waals surface area (Å²) in [5.74, 6) is 0.560. The molecule has 19 heavy (non-hydrogen) atoms. The number of urea groups is 1. The van der Waals surface area contributed by atoms with Crippen LogP contribution < -0.4 is 10.6 Å². The van der Waals surface area contributed by atoms with Crippen molar-refractivity contribution in [3.05, 3.63) is 35.4 Å². The molecule has 0 fully saturated rings. The first-order valence-electron chi connectivity index (χ1n) is 6.93. The zero-order valence-corrected chi connectivity index (χ0v) is 12.7. The second-order valence-corrected chi connectivity index (χ2v) is 6.28. The first-order chi connectivity index (χ1) is 8.78. The van der Waals surface area contributed by atoms with Crippen molar-refractivity contribution in [1.29, 1.82) is 0 Å². The van der Waals surface area contributed by atoms with E-state index in [1.165, 1.54) is 11.1 Å². The molecule has 2 N–H and O–H groups in total.